The summed E-state index contributed by atoms with van der Waals surface area (Å²) in [5.41, 5.74) is 0. The lowest BCUT2D eigenvalue weighted by molar-refractivity contribution is -0.137. The molecular weight excluding hydrogens is 262 g/mol. The minimum atomic E-state index is -1.12. The normalized spacial score (nSPS) is 21.9. The van der Waals surface area contributed by atoms with Crippen molar-refractivity contribution >= 4 is 17.9 Å². The van der Waals surface area contributed by atoms with E-state index in [1.807, 2.05) is 0 Å². The van der Waals surface area contributed by atoms with Gasteiger partial charge in [0, 0.05) is 6.04 Å². The second kappa shape index (κ2) is 8.39. The number of nitrogens with one attached hydrogen (secondary N) is 3. The van der Waals surface area contributed by atoms with Gasteiger partial charge >= 0.3 is 12.0 Å². The Labute approximate surface area is 118 Å². The number of carbonyl (C=O) groups excluding carboxylic acids is 2. The van der Waals surface area contributed by atoms with Crippen LogP contribution in [0.25, 0.3) is 0 Å². The standard InChI is InChI=1S/C13H23N3O4/c1-2-9-5-3-4-6-10(9)16-13(20)15-7-11(17)14-8-12(18)19/h9-10H,2-8H2,1H3,(H,14,17)(H,18,19)(H2,15,16,20). The molecule has 7 nitrogen and oxygen atoms in total. The molecule has 2 atom stereocenters. The van der Waals surface area contributed by atoms with Gasteiger partial charge in [0.2, 0.25) is 5.91 Å². The predicted octanol–water partition coefficient (Wildman–Crippen LogP) is 0.455. The first-order chi connectivity index (χ1) is 9.52. The number of urea groups is 1. The summed E-state index contributed by atoms with van der Waals surface area (Å²) in [6.07, 6.45) is 5.44. The first-order valence-electron chi connectivity index (χ1n) is 7.05. The van der Waals surface area contributed by atoms with Gasteiger partial charge < -0.3 is 21.1 Å². The number of carboxylic acid groups (broad SMARTS) is 1. The summed E-state index contributed by atoms with van der Waals surface area (Å²) >= 11 is 0. The zero-order chi connectivity index (χ0) is 15.0. The highest BCUT2D eigenvalue weighted by molar-refractivity contribution is 5.86. The summed E-state index contributed by atoms with van der Waals surface area (Å²) in [7, 11) is 0. The zero-order valence-corrected chi connectivity index (χ0v) is 11.8. The van der Waals surface area contributed by atoms with Crippen molar-refractivity contribution in [2.45, 2.75) is 45.1 Å². The maximum atomic E-state index is 11.7. The second-order valence-electron chi connectivity index (χ2n) is 5.06. The summed E-state index contributed by atoms with van der Waals surface area (Å²) in [4.78, 5) is 33.2. The molecule has 114 valence electrons. The Balaban J connectivity index is 2.25. The Morgan fingerprint density at radius 3 is 2.45 bits per heavy atom. The van der Waals surface area contributed by atoms with Crippen molar-refractivity contribution in [1.82, 2.24) is 16.0 Å². The number of hydrogen-bond acceptors (Lipinski definition) is 3. The van der Waals surface area contributed by atoms with Gasteiger partial charge in [-0.2, -0.15) is 0 Å². The topological polar surface area (TPSA) is 108 Å². The van der Waals surface area contributed by atoms with Gasteiger partial charge in [0.1, 0.15) is 6.54 Å². The molecule has 0 spiro atoms. The molecule has 7 heteroatoms. The van der Waals surface area contributed by atoms with Crippen LogP contribution < -0.4 is 16.0 Å². The molecule has 0 saturated heterocycles. The molecule has 0 bridgehead atoms. The minimum absolute atomic E-state index is 0.163. The van der Waals surface area contributed by atoms with Crippen molar-refractivity contribution in [2.24, 2.45) is 5.92 Å². The fraction of sp³-hybridized carbons (Fsp3) is 0.769. The number of rotatable bonds is 6. The number of hydrogen-bond donors (Lipinski definition) is 4. The molecule has 1 rings (SSSR count). The highest BCUT2D eigenvalue weighted by Crippen LogP contribution is 2.26. The summed E-state index contributed by atoms with van der Waals surface area (Å²) in [5.74, 6) is -1.13. The Kier molecular flexibility index (Phi) is 6.83. The van der Waals surface area contributed by atoms with Crippen molar-refractivity contribution in [3.8, 4) is 0 Å². The van der Waals surface area contributed by atoms with Gasteiger partial charge in [0.05, 0.1) is 6.54 Å². The average Bonchev–Trinajstić information content (AvgIpc) is 2.43. The highest BCUT2D eigenvalue weighted by Gasteiger charge is 2.24. The first-order valence-corrected chi connectivity index (χ1v) is 7.05. The van der Waals surface area contributed by atoms with Crippen LogP contribution in [0.3, 0.4) is 0 Å². The monoisotopic (exact) mass is 285 g/mol. The largest absolute Gasteiger partial charge is 0.480 e. The molecule has 0 aromatic carbocycles. The van der Waals surface area contributed by atoms with Crippen molar-refractivity contribution in [2.75, 3.05) is 13.1 Å². The number of aliphatic carboxylic acids is 1. The molecule has 4 N–H and O–H groups in total. The van der Waals surface area contributed by atoms with E-state index in [2.05, 4.69) is 22.9 Å². The van der Waals surface area contributed by atoms with Crippen molar-refractivity contribution in [1.29, 1.82) is 0 Å². The highest BCUT2D eigenvalue weighted by atomic mass is 16.4. The second-order valence-corrected chi connectivity index (χ2v) is 5.06. The van der Waals surface area contributed by atoms with Gasteiger partial charge in [0.25, 0.3) is 0 Å². The Morgan fingerprint density at radius 1 is 1.10 bits per heavy atom. The van der Waals surface area contributed by atoms with Gasteiger partial charge in [0.15, 0.2) is 0 Å². The van der Waals surface area contributed by atoms with E-state index < -0.39 is 18.4 Å². The van der Waals surface area contributed by atoms with Crippen LogP contribution in [0, 0.1) is 5.92 Å². The van der Waals surface area contributed by atoms with Gasteiger partial charge in [-0.3, -0.25) is 9.59 Å². The Bertz CT molecular complexity index is 360. The number of amides is 3. The number of carbonyl (C=O) groups is 3. The third-order valence-corrected chi connectivity index (χ3v) is 3.60. The quantitative estimate of drug-likeness (QED) is 0.568. The van der Waals surface area contributed by atoms with E-state index in [1.54, 1.807) is 0 Å². The lowest BCUT2D eigenvalue weighted by atomic mass is 9.83. The molecule has 1 aliphatic carbocycles. The maximum Gasteiger partial charge on any atom is 0.322 e. The fourth-order valence-corrected chi connectivity index (χ4v) is 2.50. The Hall–Kier alpha value is -1.79. The van der Waals surface area contributed by atoms with E-state index in [-0.39, 0.29) is 18.6 Å². The van der Waals surface area contributed by atoms with E-state index in [0.717, 1.165) is 25.7 Å². The van der Waals surface area contributed by atoms with E-state index in [0.29, 0.717) is 5.92 Å². The lowest BCUT2D eigenvalue weighted by Gasteiger charge is -2.31. The zero-order valence-electron chi connectivity index (χ0n) is 11.8. The molecule has 1 saturated carbocycles. The van der Waals surface area contributed by atoms with Crippen LogP contribution >= 0.6 is 0 Å². The molecule has 1 fully saturated rings. The van der Waals surface area contributed by atoms with Crippen molar-refractivity contribution in [3.63, 3.8) is 0 Å². The van der Waals surface area contributed by atoms with Gasteiger partial charge in [-0.05, 0) is 18.8 Å². The van der Waals surface area contributed by atoms with Crippen molar-refractivity contribution in [3.05, 3.63) is 0 Å². The van der Waals surface area contributed by atoms with Crippen LogP contribution in [0.1, 0.15) is 39.0 Å². The molecular formula is C13H23N3O4. The van der Waals surface area contributed by atoms with Gasteiger partial charge in [-0.25, -0.2) is 4.79 Å². The fourth-order valence-electron chi connectivity index (χ4n) is 2.50. The van der Waals surface area contributed by atoms with E-state index in [9.17, 15) is 14.4 Å². The van der Waals surface area contributed by atoms with Crippen LogP contribution in [-0.2, 0) is 9.59 Å². The smallest absolute Gasteiger partial charge is 0.322 e. The molecule has 0 heterocycles. The van der Waals surface area contributed by atoms with Crippen LogP contribution in [0.15, 0.2) is 0 Å². The minimum Gasteiger partial charge on any atom is -0.480 e. The van der Waals surface area contributed by atoms with E-state index in [1.165, 1.54) is 6.42 Å². The molecule has 0 aliphatic heterocycles. The van der Waals surface area contributed by atoms with Crippen molar-refractivity contribution < 1.29 is 19.5 Å². The van der Waals surface area contributed by atoms with E-state index >= 15 is 0 Å². The summed E-state index contributed by atoms with van der Waals surface area (Å²) in [5, 5.41) is 15.9. The summed E-state index contributed by atoms with van der Waals surface area (Å²) in [6.45, 7) is 1.45. The SMILES string of the molecule is CCC1CCCCC1NC(=O)NCC(=O)NCC(=O)O. The lowest BCUT2D eigenvalue weighted by Crippen LogP contribution is -2.49. The van der Waals surface area contributed by atoms with Gasteiger partial charge in [-0.15, -0.1) is 0 Å². The van der Waals surface area contributed by atoms with Crippen LogP contribution in [-0.4, -0.2) is 42.1 Å². The van der Waals surface area contributed by atoms with Crippen LogP contribution in [0.2, 0.25) is 0 Å². The molecule has 0 radical (unpaired) electrons. The third kappa shape index (κ3) is 5.90. The number of carboxylic acids is 1. The maximum absolute atomic E-state index is 11.7. The summed E-state index contributed by atoms with van der Waals surface area (Å²) in [6, 6.07) is -0.211. The van der Waals surface area contributed by atoms with E-state index in [4.69, 9.17) is 5.11 Å². The predicted molar refractivity (Wildman–Crippen MR) is 73.2 cm³/mol. The van der Waals surface area contributed by atoms with Crippen LogP contribution in [0.5, 0.6) is 0 Å². The molecule has 20 heavy (non-hydrogen) atoms. The Morgan fingerprint density at radius 2 is 1.80 bits per heavy atom. The third-order valence-electron chi connectivity index (χ3n) is 3.60. The molecule has 2 unspecified atom stereocenters. The molecule has 1 aliphatic rings. The average molecular weight is 285 g/mol. The summed E-state index contributed by atoms with van der Waals surface area (Å²) < 4.78 is 0. The first kappa shape index (κ1) is 16.3. The van der Waals surface area contributed by atoms with Crippen LogP contribution in [0.4, 0.5) is 4.79 Å². The molecule has 3 amide bonds. The molecule has 0 aromatic heterocycles. The molecule has 0 aromatic rings. The van der Waals surface area contributed by atoms with Gasteiger partial charge in [-0.1, -0.05) is 26.2 Å².